The van der Waals surface area contributed by atoms with Crippen LogP contribution >= 0.6 is 0 Å². The molecule has 0 atom stereocenters. The monoisotopic (exact) mass is 248 g/mol. The summed E-state index contributed by atoms with van der Waals surface area (Å²) in [6.07, 6.45) is 10.9. The first-order chi connectivity index (χ1) is 8.81. The molecule has 100 valence electrons. The lowest BCUT2D eigenvalue weighted by Crippen LogP contribution is -2.49. The first kappa shape index (κ1) is 12.0. The highest BCUT2D eigenvalue weighted by Gasteiger charge is 2.36. The van der Waals surface area contributed by atoms with Gasteiger partial charge in [-0.1, -0.05) is 12.8 Å². The zero-order valence-corrected chi connectivity index (χ0v) is 11.4. The van der Waals surface area contributed by atoms with Crippen molar-refractivity contribution in [2.45, 2.75) is 51.1 Å². The fourth-order valence-corrected chi connectivity index (χ4v) is 3.42. The summed E-state index contributed by atoms with van der Waals surface area (Å²) in [5, 5.41) is 8.22. The summed E-state index contributed by atoms with van der Waals surface area (Å²) in [5.74, 6) is 0. The molecule has 1 aromatic rings. The zero-order valence-electron chi connectivity index (χ0n) is 11.4. The van der Waals surface area contributed by atoms with E-state index in [0.29, 0.717) is 5.54 Å². The molecule has 4 nitrogen and oxygen atoms in total. The van der Waals surface area contributed by atoms with Gasteiger partial charge in [-0.2, -0.15) is 5.10 Å². The van der Waals surface area contributed by atoms with E-state index in [9.17, 15) is 0 Å². The largest absolute Gasteiger partial charge is 0.367 e. The minimum absolute atomic E-state index is 0.380. The van der Waals surface area contributed by atoms with Crippen molar-refractivity contribution in [2.75, 3.05) is 24.5 Å². The summed E-state index contributed by atoms with van der Waals surface area (Å²) >= 11 is 0. The van der Waals surface area contributed by atoms with Crippen LogP contribution in [0, 0.1) is 0 Å². The quantitative estimate of drug-likeness (QED) is 0.869. The van der Waals surface area contributed by atoms with Crippen LogP contribution in [0.4, 0.5) is 5.69 Å². The molecule has 0 radical (unpaired) electrons. The topological polar surface area (TPSA) is 33.1 Å². The van der Waals surface area contributed by atoms with Crippen LogP contribution in [0.15, 0.2) is 12.4 Å². The van der Waals surface area contributed by atoms with E-state index in [-0.39, 0.29) is 0 Å². The van der Waals surface area contributed by atoms with E-state index in [1.165, 1.54) is 44.3 Å². The Bertz CT molecular complexity index is 392. The lowest BCUT2D eigenvalue weighted by atomic mass is 9.97. The molecule has 1 aromatic heterocycles. The van der Waals surface area contributed by atoms with Gasteiger partial charge >= 0.3 is 0 Å². The van der Waals surface area contributed by atoms with Crippen molar-refractivity contribution in [3.8, 4) is 0 Å². The van der Waals surface area contributed by atoms with Gasteiger partial charge < -0.3 is 10.2 Å². The number of anilines is 1. The predicted molar refractivity (Wildman–Crippen MR) is 73.9 cm³/mol. The standard InChI is InChI=1S/C14H24N4/c1-2-18-11-13(10-16-18)17-9-5-8-15-14(12-17)6-3-4-7-14/h10-11,15H,2-9,12H2,1H3. The Morgan fingerprint density at radius 1 is 1.33 bits per heavy atom. The molecule has 0 amide bonds. The minimum Gasteiger partial charge on any atom is -0.367 e. The number of aryl methyl sites for hydroxylation is 1. The van der Waals surface area contributed by atoms with Gasteiger partial charge in [0.05, 0.1) is 11.9 Å². The number of rotatable bonds is 2. The highest BCUT2D eigenvalue weighted by atomic mass is 15.3. The molecule has 2 heterocycles. The summed E-state index contributed by atoms with van der Waals surface area (Å²) in [6.45, 7) is 6.57. The van der Waals surface area contributed by atoms with Crippen LogP contribution < -0.4 is 10.2 Å². The van der Waals surface area contributed by atoms with Gasteiger partial charge in [-0.3, -0.25) is 4.68 Å². The number of aromatic nitrogens is 2. The Morgan fingerprint density at radius 3 is 2.89 bits per heavy atom. The first-order valence-electron chi connectivity index (χ1n) is 7.34. The van der Waals surface area contributed by atoms with Gasteiger partial charge in [-0.05, 0) is 32.7 Å². The number of hydrogen-bond donors (Lipinski definition) is 1. The second-order valence-electron chi connectivity index (χ2n) is 5.74. The molecule has 1 aliphatic carbocycles. The van der Waals surface area contributed by atoms with Gasteiger partial charge in [-0.25, -0.2) is 0 Å². The average Bonchev–Trinajstić information content (AvgIpc) is 2.97. The maximum absolute atomic E-state index is 4.41. The lowest BCUT2D eigenvalue weighted by Gasteiger charge is -2.33. The Morgan fingerprint density at radius 2 is 2.17 bits per heavy atom. The molecule has 2 aliphatic rings. The van der Waals surface area contributed by atoms with E-state index in [1.54, 1.807) is 0 Å². The normalized spacial score (nSPS) is 23.5. The van der Waals surface area contributed by atoms with Crippen LogP contribution in [0.25, 0.3) is 0 Å². The molecule has 3 rings (SSSR count). The van der Waals surface area contributed by atoms with E-state index in [0.717, 1.165) is 19.6 Å². The number of nitrogens with zero attached hydrogens (tertiary/aromatic N) is 3. The molecule has 1 spiro atoms. The minimum atomic E-state index is 0.380. The molecule has 0 aromatic carbocycles. The molecule has 1 saturated carbocycles. The third kappa shape index (κ3) is 2.26. The molecule has 1 saturated heterocycles. The molecular formula is C14H24N4. The summed E-state index contributed by atoms with van der Waals surface area (Å²) in [6, 6.07) is 0. The van der Waals surface area contributed by atoms with Crippen molar-refractivity contribution in [3.05, 3.63) is 12.4 Å². The van der Waals surface area contributed by atoms with Crippen molar-refractivity contribution in [1.29, 1.82) is 0 Å². The van der Waals surface area contributed by atoms with Gasteiger partial charge in [0.15, 0.2) is 0 Å². The Labute approximate surface area is 109 Å². The highest BCUT2D eigenvalue weighted by molar-refractivity contribution is 5.43. The molecule has 18 heavy (non-hydrogen) atoms. The van der Waals surface area contributed by atoms with Crippen LogP contribution in [0.5, 0.6) is 0 Å². The van der Waals surface area contributed by atoms with E-state index in [4.69, 9.17) is 0 Å². The summed E-state index contributed by atoms with van der Waals surface area (Å²) in [5.41, 5.74) is 1.68. The average molecular weight is 248 g/mol. The molecule has 1 aliphatic heterocycles. The summed E-state index contributed by atoms with van der Waals surface area (Å²) < 4.78 is 2.02. The van der Waals surface area contributed by atoms with Gasteiger partial charge in [0, 0.05) is 31.4 Å². The maximum Gasteiger partial charge on any atom is 0.0753 e. The molecule has 2 fully saturated rings. The smallest absolute Gasteiger partial charge is 0.0753 e. The van der Waals surface area contributed by atoms with Gasteiger partial charge in [0.25, 0.3) is 0 Å². The molecule has 1 N–H and O–H groups in total. The first-order valence-corrected chi connectivity index (χ1v) is 7.34. The van der Waals surface area contributed by atoms with E-state index >= 15 is 0 Å². The zero-order chi connectivity index (χ0) is 12.4. The Balaban J connectivity index is 1.78. The highest BCUT2D eigenvalue weighted by Crippen LogP contribution is 2.33. The van der Waals surface area contributed by atoms with Crippen molar-refractivity contribution < 1.29 is 0 Å². The summed E-state index contributed by atoms with van der Waals surface area (Å²) in [4.78, 5) is 2.53. The van der Waals surface area contributed by atoms with E-state index < -0.39 is 0 Å². The van der Waals surface area contributed by atoms with E-state index in [2.05, 4.69) is 28.4 Å². The summed E-state index contributed by atoms with van der Waals surface area (Å²) in [7, 11) is 0. The number of nitrogens with one attached hydrogen (secondary N) is 1. The van der Waals surface area contributed by atoms with Crippen molar-refractivity contribution in [2.24, 2.45) is 0 Å². The Kier molecular flexibility index (Phi) is 3.29. The van der Waals surface area contributed by atoms with Crippen LogP contribution in [0.2, 0.25) is 0 Å². The van der Waals surface area contributed by atoms with Crippen molar-refractivity contribution in [1.82, 2.24) is 15.1 Å². The number of hydrogen-bond acceptors (Lipinski definition) is 3. The third-order valence-corrected chi connectivity index (χ3v) is 4.47. The molecule has 0 unspecified atom stereocenters. The third-order valence-electron chi connectivity index (χ3n) is 4.47. The second-order valence-corrected chi connectivity index (χ2v) is 5.74. The predicted octanol–water partition coefficient (Wildman–Crippen LogP) is 2.02. The molecule has 0 bridgehead atoms. The Hall–Kier alpha value is -1.03. The fraction of sp³-hybridized carbons (Fsp3) is 0.786. The van der Waals surface area contributed by atoms with Crippen molar-refractivity contribution in [3.63, 3.8) is 0 Å². The maximum atomic E-state index is 4.41. The van der Waals surface area contributed by atoms with Crippen LogP contribution in [-0.4, -0.2) is 35.0 Å². The van der Waals surface area contributed by atoms with E-state index in [1.807, 2.05) is 10.9 Å². The fourth-order valence-electron chi connectivity index (χ4n) is 3.42. The molecule has 4 heteroatoms. The molecular weight excluding hydrogens is 224 g/mol. The van der Waals surface area contributed by atoms with Gasteiger partial charge in [-0.15, -0.1) is 0 Å². The SMILES string of the molecule is CCn1cc(N2CCCNC3(CCCC3)C2)cn1. The van der Waals surface area contributed by atoms with Crippen LogP contribution in [-0.2, 0) is 6.54 Å². The second kappa shape index (κ2) is 4.92. The van der Waals surface area contributed by atoms with Gasteiger partial charge in [0.1, 0.15) is 0 Å². The van der Waals surface area contributed by atoms with Crippen LogP contribution in [0.3, 0.4) is 0 Å². The van der Waals surface area contributed by atoms with Crippen molar-refractivity contribution >= 4 is 5.69 Å². The van der Waals surface area contributed by atoms with Gasteiger partial charge in [0.2, 0.25) is 0 Å². The van der Waals surface area contributed by atoms with Crippen LogP contribution in [0.1, 0.15) is 39.0 Å². The lowest BCUT2D eigenvalue weighted by molar-refractivity contribution is 0.354.